The van der Waals surface area contributed by atoms with Crippen molar-refractivity contribution < 1.29 is 0 Å². The van der Waals surface area contributed by atoms with Gasteiger partial charge in [0, 0.05) is 30.7 Å². The first-order valence-corrected chi connectivity index (χ1v) is 7.61. The lowest BCUT2D eigenvalue weighted by Crippen LogP contribution is -2.66. The molecular weight excluding hydrogens is 208 g/mol. The molecule has 0 radical (unpaired) electrons. The molecule has 1 aliphatic carbocycles. The van der Waals surface area contributed by atoms with E-state index < -0.39 is 0 Å². The van der Waals surface area contributed by atoms with Crippen molar-refractivity contribution in [2.75, 3.05) is 19.6 Å². The van der Waals surface area contributed by atoms with E-state index in [9.17, 15) is 0 Å². The van der Waals surface area contributed by atoms with Crippen LogP contribution in [-0.4, -0.2) is 47.1 Å². The highest BCUT2D eigenvalue weighted by Gasteiger charge is 2.47. The highest BCUT2D eigenvalue weighted by Crippen LogP contribution is 2.42. The summed E-state index contributed by atoms with van der Waals surface area (Å²) in [6, 6.07) is 1.68. The Labute approximate surface area is 106 Å². The molecule has 0 amide bonds. The highest BCUT2D eigenvalue weighted by atomic mass is 15.3. The van der Waals surface area contributed by atoms with Crippen molar-refractivity contribution >= 4 is 0 Å². The second-order valence-electron chi connectivity index (χ2n) is 7.11. The minimum Gasteiger partial charge on any atom is -0.298 e. The first-order chi connectivity index (χ1) is 8.10. The SMILES string of the molecule is CC(C)C1CN2CCCC2CN1C1(C)CCC1. The molecule has 2 saturated heterocycles. The van der Waals surface area contributed by atoms with Gasteiger partial charge >= 0.3 is 0 Å². The maximum Gasteiger partial charge on any atom is 0.0252 e. The molecule has 2 nitrogen and oxygen atoms in total. The van der Waals surface area contributed by atoms with E-state index in [1.165, 1.54) is 51.7 Å². The van der Waals surface area contributed by atoms with Crippen LogP contribution >= 0.6 is 0 Å². The predicted octanol–water partition coefficient (Wildman–Crippen LogP) is 2.73. The van der Waals surface area contributed by atoms with Crippen LogP contribution in [0.15, 0.2) is 0 Å². The Morgan fingerprint density at radius 2 is 1.88 bits per heavy atom. The third-order valence-corrected chi connectivity index (χ3v) is 5.62. The molecule has 2 aliphatic heterocycles. The van der Waals surface area contributed by atoms with Crippen LogP contribution in [0.3, 0.4) is 0 Å². The van der Waals surface area contributed by atoms with Gasteiger partial charge in [-0.1, -0.05) is 13.8 Å². The molecule has 3 aliphatic rings. The number of hydrogen-bond acceptors (Lipinski definition) is 2. The summed E-state index contributed by atoms with van der Waals surface area (Å²) in [4.78, 5) is 5.66. The Balaban J connectivity index is 1.78. The first-order valence-electron chi connectivity index (χ1n) is 7.61. The van der Waals surface area contributed by atoms with Crippen molar-refractivity contribution in [3.8, 4) is 0 Å². The lowest BCUT2D eigenvalue weighted by Gasteiger charge is -2.57. The van der Waals surface area contributed by atoms with Gasteiger partial charge in [0.05, 0.1) is 0 Å². The molecule has 3 fully saturated rings. The molecule has 0 N–H and O–H groups in total. The molecule has 0 aromatic heterocycles. The molecule has 98 valence electrons. The van der Waals surface area contributed by atoms with Gasteiger partial charge in [0.15, 0.2) is 0 Å². The fraction of sp³-hybridized carbons (Fsp3) is 1.00. The molecule has 2 heteroatoms. The molecule has 3 rings (SSSR count). The molecule has 2 unspecified atom stereocenters. The molecule has 0 aromatic carbocycles. The number of hydrogen-bond donors (Lipinski definition) is 0. The Morgan fingerprint density at radius 1 is 1.12 bits per heavy atom. The quantitative estimate of drug-likeness (QED) is 0.727. The Kier molecular flexibility index (Phi) is 2.99. The van der Waals surface area contributed by atoms with Crippen molar-refractivity contribution in [1.82, 2.24) is 9.80 Å². The van der Waals surface area contributed by atoms with Crippen LogP contribution in [0.4, 0.5) is 0 Å². The average molecular weight is 236 g/mol. The summed E-state index contributed by atoms with van der Waals surface area (Å²) in [5.74, 6) is 0.800. The molecule has 0 aromatic rings. The minimum absolute atomic E-state index is 0.545. The van der Waals surface area contributed by atoms with Gasteiger partial charge < -0.3 is 0 Å². The van der Waals surface area contributed by atoms with Crippen LogP contribution < -0.4 is 0 Å². The van der Waals surface area contributed by atoms with E-state index in [1.807, 2.05) is 0 Å². The topological polar surface area (TPSA) is 6.48 Å². The van der Waals surface area contributed by atoms with Crippen molar-refractivity contribution in [2.24, 2.45) is 5.92 Å². The highest BCUT2D eigenvalue weighted by molar-refractivity contribution is 5.03. The van der Waals surface area contributed by atoms with E-state index in [-0.39, 0.29) is 0 Å². The maximum absolute atomic E-state index is 2.90. The predicted molar refractivity (Wildman–Crippen MR) is 72.2 cm³/mol. The van der Waals surface area contributed by atoms with Crippen LogP contribution in [0.2, 0.25) is 0 Å². The Hall–Kier alpha value is -0.0800. The van der Waals surface area contributed by atoms with E-state index in [0.29, 0.717) is 5.54 Å². The van der Waals surface area contributed by atoms with Gasteiger partial charge in [-0.3, -0.25) is 9.80 Å². The fourth-order valence-electron chi connectivity index (χ4n) is 4.21. The summed E-state index contributed by atoms with van der Waals surface area (Å²) in [7, 11) is 0. The lowest BCUT2D eigenvalue weighted by molar-refractivity contribution is -0.0724. The maximum atomic E-state index is 2.90. The lowest BCUT2D eigenvalue weighted by atomic mass is 9.74. The van der Waals surface area contributed by atoms with Gasteiger partial charge in [0.2, 0.25) is 0 Å². The van der Waals surface area contributed by atoms with Crippen molar-refractivity contribution in [3.63, 3.8) is 0 Å². The molecule has 2 atom stereocenters. The van der Waals surface area contributed by atoms with Gasteiger partial charge in [-0.25, -0.2) is 0 Å². The number of fused-ring (bicyclic) bond motifs is 1. The van der Waals surface area contributed by atoms with Gasteiger partial charge in [-0.15, -0.1) is 0 Å². The van der Waals surface area contributed by atoms with Gasteiger partial charge in [0.25, 0.3) is 0 Å². The van der Waals surface area contributed by atoms with Crippen molar-refractivity contribution in [2.45, 2.75) is 70.5 Å². The Morgan fingerprint density at radius 3 is 2.47 bits per heavy atom. The molecule has 0 spiro atoms. The summed E-state index contributed by atoms with van der Waals surface area (Å²) in [5.41, 5.74) is 0.545. The zero-order valence-corrected chi connectivity index (χ0v) is 11.8. The summed E-state index contributed by atoms with van der Waals surface area (Å²) >= 11 is 0. The zero-order valence-electron chi connectivity index (χ0n) is 11.8. The largest absolute Gasteiger partial charge is 0.298 e. The van der Waals surface area contributed by atoms with Crippen LogP contribution in [0, 0.1) is 5.92 Å². The van der Waals surface area contributed by atoms with Crippen molar-refractivity contribution in [1.29, 1.82) is 0 Å². The van der Waals surface area contributed by atoms with Crippen molar-refractivity contribution in [3.05, 3.63) is 0 Å². The minimum atomic E-state index is 0.545. The van der Waals surface area contributed by atoms with E-state index in [2.05, 4.69) is 30.6 Å². The normalized spacial score (nSPS) is 38.1. The van der Waals surface area contributed by atoms with E-state index >= 15 is 0 Å². The molecule has 17 heavy (non-hydrogen) atoms. The summed E-state index contributed by atoms with van der Waals surface area (Å²) < 4.78 is 0. The third-order valence-electron chi connectivity index (χ3n) is 5.62. The molecule has 0 bridgehead atoms. The van der Waals surface area contributed by atoms with E-state index in [0.717, 1.165) is 18.0 Å². The standard InChI is InChI=1S/C15H28N2/c1-12(2)14-11-16-9-4-6-13(16)10-17(14)15(3)7-5-8-15/h12-14H,4-11H2,1-3H3. The number of piperazine rings is 1. The van der Waals surface area contributed by atoms with Gasteiger partial charge in [-0.05, 0) is 51.5 Å². The Bertz CT molecular complexity index is 283. The first kappa shape index (κ1) is 12.0. The number of rotatable bonds is 2. The fourth-order valence-corrected chi connectivity index (χ4v) is 4.21. The van der Waals surface area contributed by atoms with Crippen LogP contribution in [0.1, 0.15) is 52.9 Å². The number of nitrogens with zero attached hydrogens (tertiary/aromatic N) is 2. The molecule has 2 heterocycles. The monoisotopic (exact) mass is 236 g/mol. The summed E-state index contributed by atoms with van der Waals surface area (Å²) in [6.45, 7) is 11.4. The molecular formula is C15H28N2. The zero-order chi connectivity index (χ0) is 12.0. The van der Waals surface area contributed by atoms with Crippen LogP contribution in [0.5, 0.6) is 0 Å². The van der Waals surface area contributed by atoms with Gasteiger partial charge in [0.1, 0.15) is 0 Å². The van der Waals surface area contributed by atoms with Crippen LogP contribution in [-0.2, 0) is 0 Å². The summed E-state index contributed by atoms with van der Waals surface area (Å²) in [5, 5.41) is 0. The summed E-state index contributed by atoms with van der Waals surface area (Å²) in [6.07, 6.45) is 7.19. The average Bonchev–Trinajstić information content (AvgIpc) is 2.70. The second kappa shape index (κ2) is 4.24. The molecule has 1 saturated carbocycles. The second-order valence-corrected chi connectivity index (χ2v) is 7.11. The van der Waals surface area contributed by atoms with Crippen LogP contribution in [0.25, 0.3) is 0 Å². The van der Waals surface area contributed by atoms with E-state index in [1.54, 1.807) is 0 Å². The van der Waals surface area contributed by atoms with E-state index in [4.69, 9.17) is 0 Å². The third kappa shape index (κ3) is 1.94. The van der Waals surface area contributed by atoms with Gasteiger partial charge in [-0.2, -0.15) is 0 Å². The smallest absolute Gasteiger partial charge is 0.0252 e.